The lowest BCUT2D eigenvalue weighted by Gasteiger charge is -2.19. The molecule has 0 aliphatic rings. The Balaban J connectivity index is 1.91. The molecule has 29 heavy (non-hydrogen) atoms. The summed E-state index contributed by atoms with van der Waals surface area (Å²) >= 11 is 0. The molecule has 0 saturated carbocycles. The zero-order valence-electron chi connectivity index (χ0n) is 17.2. The number of hydrogen-bond acceptors (Lipinski definition) is 7. The Labute approximate surface area is 168 Å². The smallest absolute Gasteiger partial charge is 0.407 e. The van der Waals surface area contributed by atoms with Gasteiger partial charge in [-0.15, -0.1) is 0 Å². The molecule has 2 rings (SSSR count). The molecule has 0 spiro atoms. The molecule has 2 aromatic rings. The van der Waals surface area contributed by atoms with E-state index in [1.807, 2.05) is 6.92 Å². The number of aryl methyl sites for hydroxylation is 1. The normalized spacial score (nSPS) is 11.3. The number of aromatic hydroxyl groups is 1. The van der Waals surface area contributed by atoms with E-state index in [4.69, 9.17) is 13.9 Å². The van der Waals surface area contributed by atoms with Crippen molar-refractivity contribution < 1.29 is 28.6 Å². The van der Waals surface area contributed by atoms with Crippen molar-refractivity contribution in [2.24, 2.45) is 0 Å². The Morgan fingerprint density at radius 1 is 1.17 bits per heavy atom. The minimum Gasteiger partial charge on any atom is -0.508 e. The quantitative estimate of drug-likeness (QED) is 0.412. The van der Waals surface area contributed by atoms with Gasteiger partial charge in [-0.2, -0.15) is 0 Å². The minimum atomic E-state index is -0.589. The number of nitrogens with one attached hydrogen (secondary N) is 1. The third kappa shape index (κ3) is 6.81. The predicted octanol–water partition coefficient (Wildman–Crippen LogP) is 3.41. The van der Waals surface area contributed by atoms with Crippen LogP contribution in [-0.4, -0.2) is 29.3 Å². The number of rotatable bonds is 7. The summed E-state index contributed by atoms with van der Waals surface area (Å²) in [5.74, 6) is -0.401. The van der Waals surface area contributed by atoms with E-state index in [9.17, 15) is 19.5 Å². The van der Waals surface area contributed by atoms with E-state index in [0.717, 1.165) is 0 Å². The first-order chi connectivity index (χ1) is 13.6. The van der Waals surface area contributed by atoms with Crippen LogP contribution in [0, 0.1) is 0 Å². The second-order valence-electron chi connectivity index (χ2n) is 7.61. The number of benzene rings is 1. The van der Waals surface area contributed by atoms with E-state index >= 15 is 0 Å². The first-order valence-corrected chi connectivity index (χ1v) is 9.50. The van der Waals surface area contributed by atoms with Gasteiger partial charge in [0.1, 0.15) is 23.5 Å². The van der Waals surface area contributed by atoms with E-state index in [-0.39, 0.29) is 30.9 Å². The number of carbonyl (C=O) groups is 2. The minimum absolute atomic E-state index is 0.0507. The molecule has 1 aromatic carbocycles. The molecule has 0 atom stereocenters. The van der Waals surface area contributed by atoms with Gasteiger partial charge in [-0.05, 0) is 45.2 Å². The average molecular weight is 405 g/mol. The van der Waals surface area contributed by atoms with E-state index in [1.165, 1.54) is 12.1 Å². The summed E-state index contributed by atoms with van der Waals surface area (Å²) in [5, 5.41) is 13.1. The monoisotopic (exact) mass is 405 g/mol. The number of phenols is 1. The van der Waals surface area contributed by atoms with Gasteiger partial charge in [-0.25, -0.2) is 9.59 Å². The van der Waals surface area contributed by atoms with Crippen LogP contribution in [0.5, 0.6) is 5.75 Å². The van der Waals surface area contributed by atoms with E-state index in [2.05, 4.69) is 5.32 Å². The number of fused-ring (bicyclic) bond motifs is 1. The lowest BCUT2D eigenvalue weighted by Crippen LogP contribution is -2.33. The highest BCUT2D eigenvalue weighted by molar-refractivity contribution is 5.83. The summed E-state index contributed by atoms with van der Waals surface area (Å²) in [6.45, 7) is 7.38. The number of phenolic OH excluding ortho intramolecular Hbond substituents is 1. The van der Waals surface area contributed by atoms with Crippen LogP contribution >= 0.6 is 0 Å². The van der Waals surface area contributed by atoms with Crippen molar-refractivity contribution in [2.75, 3.05) is 6.54 Å². The first kappa shape index (κ1) is 22.3. The fraction of sp³-hybridized carbons (Fsp3) is 0.476. The highest BCUT2D eigenvalue weighted by Gasteiger charge is 2.16. The number of alkyl carbamates (subject to hydrolysis) is 1. The number of carbonyl (C=O) groups excluding carboxylic acids is 2. The van der Waals surface area contributed by atoms with Crippen molar-refractivity contribution in [3.63, 3.8) is 0 Å². The van der Waals surface area contributed by atoms with Crippen molar-refractivity contribution in [1.82, 2.24) is 5.32 Å². The van der Waals surface area contributed by atoms with Gasteiger partial charge in [0.25, 0.3) is 0 Å². The number of amides is 1. The fourth-order valence-electron chi connectivity index (χ4n) is 2.68. The van der Waals surface area contributed by atoms with Gasteiger partial charge in [0.05, 0.1) is 0 Å². The maximum Gasteiger partial charge on any atom is 0.407 e. The molecule has 8 heteroatoms. The third-order valence-corrected chi connectivity index (χ3v) is 4.02. The summed E-state index contributed by atoms with van der Waals surface area (Å²) in [6, 6.07) is 4.39. The Morgan fingerprint density at radius 3 is 2.55 bits per heavy atom. The molecule has 1 heterocycles. The molecule has 0 aliphatic carbocycles. The van der Waals surface area contributed by atoms with Gasteiger partial charge in [0, 0.05) is 36.0 Å². The van der Waals surface area contributed by atoms with Crippen LogP contribution in [0.25, 0.3) is 11.0 Å². The first-order valence-electron chi connectivity index (χ1n) is 9.50. The van der Waals surface area contributed by atoms with Crippen molar-refractivity contribution in [2.45, 2.75) is 59.2 Å². The molecule has 8 nitrogen and oxygen atoms in total. The molecule has 1 aromatic heterocycles. The molecule has 158 valence electrons. The second-order valence-corrected chi connectivity index (χ2v) is 7.61. The fourth-order valence-corrected chi connectivity index (χ4v) is 2.68. The second kappa shape index (κ2) is 9.45. The van der Waals surface area contributed by atoms with E-state index in [0.29, 0.717) is 29.4 Å². The van der Waals surface area contributed by atoms with Crippen LogP contribution in [0.1, 0.15) is 51.7 Å². The van der Waals surface area contributed by atoms with Crippen LogP contribution in [0.4, 0.5) is 4.79 Å². The largest absolute Gasteiger partial charge is 0.508 e. The lowest BCUT2D eigenvalue weighted by atomic mass is 10.0. The van der Waals surface area contributed by atoms with Gasteiger partial charge in [0.15, 0.2) is 0 Å². The molecule has 1 amide bonds. The van der Waals surface area contributed by atoms with Gasteiger partial charge in [-0.3, -0.25) is 4.79 Å². The number of ether oxygens (including phenoxy) is 2. The Kier molecular flexibility index (Phi) is 7.25. The SMILES string of the molecule is CCc1cc2c(COC(=O)CCCNC(=O)OC(C)(C)C)cc(=O)oc2cc1O. The third-order valence-electron chi connectivity index (χ3n) is 4.02. The average Bonchev–Trinajstić information content (AvgIpc) is 2.61. The van der Waals surface area contributed by atoms with Crippen LogP contribution in [0.15, 0.2) is 27.4 Å². The molecule has 0 fully saturated rings. The van der Waals surface area contributed by atoms with Crippen LogP contribution in [0.2, 0.25) is 0 Å². The van der Waals surface area contributed by atoms with Crippen LogP contribution in [0.3, 0.4) is 0 Å². The van der Waals surface area contributed by atoms with Crippen LogP contribution < -0.4 is 10.9 Å². The van der Waals surface area contributed by atoms with Gasteiger partial charge >= 0.3 is 17.7 Å². The topological polar surface area (TPSA) is 115 Å². The maximum atomic E-state index is 12.0. The zero-order chi connectivity index (χ0) is 21.6. The molecular weight excluding hydrogens is 378 g/mol. The summed E-state index contributed by atoms with van der Waals surface area (Å²) in [4.78, 5) is 35.3. The van der Waals surface area contributed by atoms with Crippen molar-refractivity contribution in [3.05, 3.63) is 39.7 Å². The Morgan fingerprint density at radius 2 is 1.90 bits per heavy atom. The van der Waals surface area contributed by atoms with Crippen molar-refractivity contribution in [1.29, 1.82) is 0 Å². The molecule has 0 unspecified atom stereocenters. The lowest BCUT2D eigenvalue weighted by molar-refractivity contribution is -0.145. The zero-order valence-corrected chi connectivity index (χ0v) is 17.2. The van der Waals surface area contributed by atoms with Crippen LogP contribution in [-0.2, 0) is 27.3 Å². The summed E-state index contributed by atoms with van der Waals surface area (Å²) in [7, 11) is 0. The summed E-state index contributed by atoms with van der Waals surface area (Å²) < 4.78 is 15.5. The van der Waals surface area contributed by atoms with Crippen molar-refractivity contribution in [3.8, 4) is 5.75 Å². The summed E-state index contributed by atoms with van der Waals surface area (Å²) in [5.41, 5.74) is 0.273. The van der Waals surface area contributed by atoms with E-state index in [1.54, 1.807) is 26.8 Å². The molecule has 2 N–H and O–H groups in total. The molecule has 0 radical (unpaired) electrons. The standard InChI is InChI=1S/C21H27NO7/c1-5-13-9-15-14(10-19(25)28-17(15)11-16(13)23)12-27-18(24)7-6-8-22-20(26)29-21(2,3)4/h9-11,23H,5-8,12H2,1-4H3,(H,22,26). The van der Waals surface area contributed by atoms with E-state index < -0.39 is 23.3 Å². The van der Waals surface area contributed by atoms with Gasteiger partial charge in [0.2, 0.25) is 0 Å². The molecule has 0 saturated heterocycles. The van der Waals surface area contributed by atoms with Gasteiger partial charge in [-0.1, -0.05) is 6.92 Å². The summed E-state index contributed by atoms with van der Waals surface area (Å²) in [6.07, 6.45) is 0.563. The maximum absolute atomic E-state index is 12.0. The molecule has 0 bridgehead atoms. The Hall–Kier alpha value is -3.03. The van der Waals surface area contributed by atoms with Gasteiger partial charge < -0.3 is 24.3 Å². The highest BCUT2D eigenvalue weighted by atomic mass is 16.6. The highest BCUT2D eigenvalue weighted by Crippen LogP contribution is 2.27. The molecular formula is C21H27NO7. The molecule has 0 aliphatic heterocycles. The number of esters is 1. The Bertz CT molecular complexity index is 940. The predicted molar refractivity (Wildman–Crippen MR) is 107 cm³/mol. The number of hydrogen-bond donors (Lipinski definition) is 2. The van der Waals surface area contributed by atoms with Crippen molar-refractivity contribution >= 4 is 23.0 Å².